The van der Waals surface area contributed by atoms with E-state index in [2.05, 4.69) is 9.97 Å². The molecule has 28 heavy (non-hydrogen) atoms. The first-order valence-electron chi connectivity index (χ1n) is 9.45. The molecule has 2 aromatic heterocycles. The molecule has 1 saturated carbocycles. The van der Waals surface area contributed by atoms with E-state index in [1.807, 2.05) is 30.3 Å². The fourth-order valence-electron chi connectivity index (χ4n) is 3.99. The summed E-state index contributed by atoms with van der Waals surface area (Å²) in [5, 5.41) is -0.440. The number of benzene rings is 1. The van der Waals surface area contributed by atoms with E-state index in [1.54, 1.807) is 0 Å². The summed E-state index contributed by atoms with van der Waals surface area (Å²) in [6, 6.07) is 11.0. The molecule has 0 bridgehead atoms. The lowest BCUT2D eigenvalue weighted by Crippen LogP contribution is -2.29. The third-order valence-corrected chi connectivity index (χ3v) is 5.36. The number of nitrogens with zero attached hydrogens (tertiary/aromatic N) is 3. The van der Waals surface area contributed by atoms with E-state index in [0.717, 1.165) is 37.4 Å². The van der Waals surface area contributed by atoms with Crippen LogP contribution in [0.1, 0.15) is 48.7 Å². The molecule has 2 heterocycles. The van der Waals surface area contributed by atoms with Crippen LogP contribution >= 0.6 is 0 Å². The molecule has 3 aromatic rings. The van der Waals surface area contributed by atoms with Gasteiger partial charge in [-0.15, -0.1) is 0 Å². The molecule has 7 heteroatoms. The summed E-state index contributed by atoms with van der Waals surface area (Å²) >= 11 is 0. The predicted molar refractivity (Wildman–Crippen MR) is 100 cm³/mol. The predicted octanol–water partition coefficient (Wildman–Crippen LogP) is 4.71. The highest BCUT2D eigenvalue weighted by atomic mass is 19.4. The van der Waals surface area contributed by atoms with Crippen LogP contribution in [0, 0.1) is 0 Å². The van der Waals surface area contributed by atoms with Crippen LogP contribution in [0.25, 0.3) is 10.9 Å². The molecule has 0 unspecified atom stereocenters. The highest BCUT2D eigenvalue weighted by Crippen LogP contribution is 2.35. The maximum atomic E-state index is 13.4. The zero-order valence-electron chi connectivity index (χ0n) is 15.2. The summed E-state index contributed by atoms with van der Waals surface area (Å²) in [6.45, 7) is 0.295. The smallest absolute Gasteiger partial charge is 0.295 e. The lowest BCUT2D eigenvalue weighted by molar-refractivity contribution is -0.139. The van der Waals surface area contributed by atoms with Gasteiger partial charge in [0.2, 0.25) is 0 Å². The Balaban J connectivity index is 1.87. The van der Waals surface area contributed by atoms with Crippen LogP contribution in [0.4, 0.5) is 13.2 Å². The summed E-state index contributed by atoms with van der Waals surface area (Å²) in [7, 11) is 0. The van der Waals surface area contributed by atoms with Crippen molar-refractivity contribution in [2.75, 3.05) is 0 Å². The fourth-order valence-corrected chi connectivity index (χ4v) is 3.99. The number of alkyl halides is 3. The van der Waals surface area contributed by atoms with Crippen molar-refractivity contribution in [1.82, 2.24) is 14.5 Å². The van der Waals surface area contributed by atoms with Gasteiger partial charge in [0, 0.05) is 18.7 Å². The summed E-state index contributed by atoms with van der Waals surface area (Å²) in [5.74, 6) is 0.709. The van der Waals surface area contributed by atoms with Crippen LogP contribution in [-0.2, 0) is 19.1 Å². The van der Waals surface area contributed by atoms with Crippen LogP contribution in [0.15, 0.2) is 47.4 Å². The normalized spacial score (nSPS) is 15.4. The minimum atomic E-state index is -4.70. The van der Waals surface area contributed by atoms with Gasteiger partial charge in [0.25, 0.3) is 5.56 Å². The van der Waals surface area contributed by atoms with E-state index in [-0.39, 0.29) is 11.4 Å². The first kappa shape index (κ1) is 18.7. The number of aromatic nitrogens is 3. The molecule has 0 saturated heterocycles. The van der Waals surface area contributed by atoms with Crippen molar-refractivity contribution >= 4 is 10.9 Å². The average Bonchev–Trinajstić information content (AvgIpc) is 3.21. The quantitative estimate of drug-likeness (QED) is 0.651. The lowest BCUT2D eigenvalue weighted by Gasteiger charge is -2.19. The summed E-state index contributed by atoms with van der Waals surface area (Å²) < 4.78 is 41.8. The van der Waals surface area contributed by atoms with Gasteiger partial charge in [0.1, 0.15) is 5.82 Å². The van der Waals surface area contributed by atoms with Crippen molar-refractivity contribution in [3.05, 3.63) is 70.0 Å². The Labute approximate surface area is 160 Å². The first-order valence-corrected chi connectivity index (χ1v) is 9.45. The molecule has 0 spiro atoms. The molecule has 4 rings (SSSR count). The van der Waals surface area contributed by atoms with Crippen molar-refractivity contribution in [3.63, 3.8) is 0 Å². The van der Waals surface area contributed by atoms with E-state index < -0.39 is 22.8 Å². The van der Waals surface area contributed by atoms with Crippen molar-refractivity contribution in [1.29, 1.82) is 0 Å². The highest BCUT2D eigenvalue weighted by Gasteiger charge is 2.36. The highest BCUT2D eigenvalue weighted by molar-refractivity contribution is 5.80. The number of rotatable bonds is 4. The molecule has 0 atom stereocenters. The SMILES string of the molecule is O=c1c2c(C(F)(F)F)nccc2nc(C2CCCC2)n1CCc1ccccc1. The van der Waals surface area contributed by atoms with Gasteiger partial charge < -0.3 is 0 Å². The second kappa shape index (κ2) is 7.37. The monoisotopic (exact) mass is 387 g/mol. The van der Waals surface area contributed by atoms with Crippen molar-refractivity contribution in [2.24, 2.45) is 0 Å². The molecule has 0 radical (unpaired) electrons. The summed E-state index contributed by atoms with van der Waals surface area (Å²) in [5.41, 5.74) is -0.712. The maximum Gasteiger partial charge on any atom is 0.434 e. The summed E-state index contributed by atoms with van der Waals surface area (Å²) in [6.07, 6.45) is 0.815. The third-order valence-electron chi connectivity index (χ3n) is 5.36. The molecular formula is C21H20F3N3O. The second-order valence-corrected chi connectivity index (χ2v) is 7.20. The van der Waals surface area contributed by atoms with Crippen LogP contribution in [-0.4, -0.2) is 14.5 Å². The fraction of sp³-hybridized carbons (Fsp3) is 0.381. The van der Waals surface area contributed by atoms with E-state index in [0.29, 0.717) is 18.8 Å². The van der Waals surface area contributed by atoms with Crippen molar-refractivity contribution in [2.45, 2.75) is 50.7 Å². The van der Waals surface area contributed by atoms with Gasteiger partial charge in [-0.05, 0) is 30.9 Å². The Hall–Kier alpha value is -2.70. The average molecular weight is 387 g/mol. The number of halogens is 3. The Morgan fingerprint density at radius 1 is 1.07 bits per heavy atom. The van der Waals surface area contributed by atoms with Crippen molar-refractivity contribution < 1.29 is 13.2 Å². The van der Waals surface area contributed by atoms with Crippen molar-refractivity contribution in [3.8, 4) is 0 Å². The Morgan fingerprint density at radius 2 is 1.79 bits per heavy atom. The molecule has 0 amide bonds. The van der Waals surface area contributed by atoms with Gasteiger partial charge in [-0.25, -0.2) is 4.98 Å². The zero-order valence-corrected chi connectivity index (χ0v) is 15.2. The Morgan fingerprint density at radius 3 is 2.46 bits per heavy atom. The van der Waals surface area contributed by atoms with Crippen LogP contribution in [0.2, 0.25) is 0 Å². The lowest BCUT2D eigenvalue weighted by atomic mass is 10.1. The van der Waals surface area contributed by atoms with Gasteiger partial charge in [-0.1, -0.05) is 43.2 Å². The molecule has 1 aromatic carbocycles. The topological polar surface area (TPSA) is 47.8 Å². The largest absolute Gasteiger partial charge is 0.434 e. The van der Waals surface area contributed by atoms with Gasteiger partial charge in [-0.2, -0.15) is 13.2 Å². The number of fused-ring (bicyclic) bond motifs is 1. The molecule has 4 nitrogen and oxygen atoms in total. The number of aryl methyl sites for hydroxylation is 1. The van der Waals surface area contributed by atoms with E-state index in [9.17, 15) is 18.0 Å². The number of pyridine rings is 1. The molecule has 0 N–H and O–H groups in total. The van der Waals surface area contributed by atoms with Crippen LogP contribution in [0.3, 0.4) is 0 Å². The Bertz CT molecular complexity index is 1040. The number of hydrogen-bond acceptors (Lipinski definition) is 3. The molecule has 1 aliphatic carbocycles. The molecule has 0 aliphatic heterocycles. The van der Waals surface area contributed by atoms with Gasteiger partial charge in [0.05, 0.1) is 10.9 Å². The van der Waals surface area contributed by atoms with E-state index in [4.69, 9.17) is 0 Å². The standard InChI is InChI=1S/C21H20F3N3O/c22-21(23,24)18-17-16(10-12-25-18)26-19(15-8-4-5-9-15)27(20(17)28)13-11-14-6-2-1-3-7-14/h1-3,6-7,10,12,15H,4-5,8-9,11,13H2. The second-order valence-electron chi connectivity index (χ2n) is 7.20. The third kappa shape index (κ3) is 3.53. The molecular weight excluding hydrogens is 367 g/mol. The van der Waals surface area contributed by atoms with Gasteiger partial charge in [0.15, 0.2) is 5.69 Å². The Kier molecular flexibility index (Phi) is 4.91. The maximum absolute atomic E-state index is 13.4. The first-order chi connectivity index (χ1) is 13.4. The van der Waals surface area contributed by atoms with Gasteiger partial charge >= 0.3 is 6.18 Å². The van der Waals surface area contributed by atoms with Gasteiger partial charge in [-0.3, -0.25) is 14.3 Å². The molecule has 1 aliphatic rings. The number of hydrogen-bond donors (Lipinski definition) is 0. The summed E-state index contributed by atoms with van der Waals surface area (Å²) in [4.78, 5) is 21.2. The molecule has 146 valence electrons. The zero-order chi connectivity index (χ0) is 19.7. The van der Waals surface area contributed by atoms with Crippen LogP contribution in [0.5, 0.6) is 0 Å². The van der Waals surface area contributed by atoms with E-state index in [1.165, 1.54) is 10.6 Å². The van der Waals surface area contributed by atoms with E-state index >= 15 is 0 Å². The van der Waals surface area contributed by atoms with Crippen LogP contribution < -0.4 is 5.56 Å². The minimum Gasteiger partial charge on any atom is -0.295 e. The minimum absolute atomic E-state index is 0.0742. The molecule has 1 fully saturated rings.